The Morgan fingerprint density at radius 3 is 2.87 bits per heavy atom. The lowest BCUT2D eigenvalue weighted by Crippen LogP contribution is -2.15. The number of anilines is 1. The van der Waals surface area contributed by atoms with Crippen molar-refractivity contribution in [3.8, 4) is 0 Å². The minimum atomic E-state index is -1.00. The lowest BCUT2D eigenvalue weighted by Gasteiger charge is -2.09. The molecular formula is C10H17N3OS. The zero-order valence-electron chi connectivity index (χ0n) is 9.14. The first-order valence-electron chi connectivity index (χ1n) is 4.84. The van der Waals surface area contributed by atoms with Gasteiger partial charge in [0.2, 0.25) is 0 Å². The lowest BCUT2D eigenvalue weighted by atomic mass is 10.4. The van der Waals surface area contributed by atoms with Gasteiger partial charge in [-0.1, -0.05) is 0 Å². The Morgan fingerprint density at radius 2 is 2.27 bits per heavy atom. The van der Waals surface area contributed by atoms with Crippen molar-refractivity contribution in [1.82, 2.24) is 9.88 Å². The molecule has 4 nitrogen and oxygen atoms in total. The van der Waals surface area contributed by atoms with Gasteiger partial charge in [-0.2, -0.15) is 0 Å². The number of pyridine rings is 1. The van der Waals surface area contributed by atoms with Crippen LogP contribution in [-0.4, -0.2) is 40.5 Å². The minimum absolute atomic E-state index is 0.515. The summed E-state index contributed by atoms with van der Waals surface area (Å²) in [6, 6.07) is 1.72. The van der Waals surface area contributed by atoms with Crippen molar-refractivity contribution in [2.45, 2.75) is 11.3 Å². The molecule has 15 heavy (non-hydrogen) atoms. The van der Waals surface area contributed by atoms with E-state index in [-0.39, 0.29) is 0 Å². The molecule has 1 aromatic heterocycles. The Bertz CT molecular complexity index is 341. The quantitative estimate of drug-likeness (QED) is 0.805. The van der Waals surface area contributed by atoms with Crippen molar-refractivity contribution in [2.24, 2.45) is 0 Å². The molecule has 0 fully saturated rings. The van der Waals surface area contributed by atoms with E-state index >= 15 is 0 Å². The van der Waals surface area contributed by atoms with Gasteiger partial charge in [-0.15, -0.1) is 0 Å². The minimum Gasteiger partial charge on any atom is -0.396 e. The number of rotatable bonds is 5. The molecule has 1 rings (SSSR count). The highest BCUT2D eigenvalue weighted by atomic mass is 32.2. The van der Waals surface area contributed by atoms with E-state index in [0.717, 1.165) is 13.0 Å². The highest BCUT2D eigenvalue weighted by molar-refractivity contribution is 7.85. The van der Waals surface area contributed by atoms with Gasteiger partial charge in [-0.3, -0.25) is 9.19 Å². The zero-order chi connectivity index (χ0) is 11.3. The first-order valence-corrected chi connectivity index (χ1v) is 6.15. The molecule has 0 radical (unpaired) electrons. The lowest BCUT2D eigenvalue weighted by molar-refractivity contribution is 0.409. The summed E-state index contributed by atoms with van der Waals surface area (Å²) in [5, 5.41) is 0. The predicted molar refractivity (Wildman–Crippen MR) is 63.1 cm³/mol. The molecule has 0 amide bonds. The Balaban J connectivity index is 2.51. The molecule has 0 aromatic carbocycles. The van der Waals surface area contributed by atoms with Crippen molar-refractivity contribution >= 4 is 16.5 Å². The van der Waals surface area contributed by atoms with Crippen LogP contribution in [-0.2, 0) is 10.8 Å². The average molecular weight is 227 g/mol. The number of nitrogens with zero attached hydrogens (tertiary/aromatic N) is 2. The summed E-state index contributed by atoms with van der Waals surface area (Å²) in [4.78, 5) is 6.64. The first kappa shape index (κ1) is 12.1. The maximum absolute atomic E-state index is 11.8. The fraction of sp³-hybridized carbons (Fsp3) is 0.500. The molecule has 5 heteroatoms. The molecule has 1 heterocycles. The third-order valence-corrected chi connectivity index (χ3v) is 3.51. The molecule has 0 aliphatic carbocycles. The summed E-state index contributed by atoms with van der Waals surface area (Å²) in [5.74, 6) is 0.645. The average Bonchev–Trinajstić information content (AvgIpc) is 2.17. The Kier molecular flexibility index (Phi) is 4.71. The van der Waals surface area contributed by atoms with Crippen LogP contribution in [0.5, 0.6) is 0 Å². The summed E-state index contributed by atoms with van der Waals surface area (Å²) >= 11 is 0. The number of hydrogen-bond acceptors (Lipinski definition) is 4. The van der Waals surface area contributed by atoms with E-state index in [2.05, 4.69) is 9.88 Å². The fourth-order valence-electron chi connectivity index (χ4n) is 1.22. The molecule has 0 spiro atoms. The van der Waals surface area contributed by atoms with E-state index in [1.165, 1.54) is 0 Å². The van der Waals surface area contributed by atoms with Crippen LogP contribution in [0.4, 0.5) is 5.69 Å². The third-order valence-electron chi connectivity index (χ3n) is 1.99. The highest BCUT2D eigenvalue weighted by Gasteiger charge is 2.07. The van der Waals surface area contributed by atoms with Gasteiger partial charge in [0, 0.05) is 11.9 Å². The smallest absolute Gasteiger partial charge is 0.0664 e. The van der Waals surface area contributed by atoms with E-state index in [4.69, 9.17) is 5.73 Å². The first-order chi connectivity index (χ1) is 7.11. The van der Waals surface area contributed by atoms with Gasteiger partial charge in [0.25, 0.3) is 0 Å². The predicted octanol–water partition coefficient (Wildman–Crippen LogP) is 0.723. The molecule has 1 unspecified atom stereocenters. The van der Waals surface area contributed by atoms with Crippen LogP contribution >= 0.6 is 0 Å². The Labute approximate surface area is 92.9 Å². The second-order valence-corrected chi connectivity index (χ2v) is 5.16. The maximum atomic E-state index is 11.8. The fourth-order valence-corrected chi connectivity index (χ4v) is 2.36. The second-order valence-electron chi connectivity index (χ2n) is 3.62. The van der Waals surface area contributed by atoms with Crippen molar-refractivity contribution in [3.05, 3.63) is 18.5 Å². The molecule has 0 saturated carbocycles. The van der Waals surface area contributed by atoms with Crippen molar-refractivity contribution < 1.29 is 4.21 Å². The van der Waals surface area contributed by atoms with Crippen LogP contribution in [0.2, 0.25) is 0 Å². The maximum Gasteiger partial charge on any atom is 0.0664 e. The zero-order valence-corrected chi connectivity index (χ0v) is 9.96. The van der Waals surface area contributed by atoms with Crippen LogP contribution < -0.4 is 5.73 Å². The molecule has 1 aromatic rings. The van der Waals surface area contributed by atoms with Crippen molar-refractivity contribution in [2.75, 3.05) is 32.1 Å². The number of aromatic nitrogens is 1. The number of hydrogen-bond donors (Lipinski definition) is 1. The van der Waals surface area contributed by atoms with Gasteiger partial charge < -0.3 is 10.6 Å². The standard InChI is InChI=1S/C10H17N3OS/c1-13(2)6-3-7-15(14)10-4-5-12-8-9(10)11/h4-5,8H,3,6-7,11H2,1-2H3. The van der Waals surface area contributed by atoms with Crippen LogP contribution in [0.25, 0.3) is 0 Å². The van der Waals surface area contributed by atoms with Crippen LogP contribution in [0.1, 0.15) is 6.42 Å². The number of nitrogen functional groups attached to an aromatic ring is 1. The molecule has 0 saturated heterocycles. The molecule has 1 atom stereocenters. The van der Waals surface area contributed by atoms with Gasteiger partial charge >= 0.3 is 0 Å². The summed E-state index contributed by atoms with van der Waals surface area (Å²) in [6.45, 7) is 0.941. The largest absolute Gasteiger partial charge is 0.396 e. The SMILES string of the molecule is CN(C)CCCS(=O)c1ccncc1N. The molecule has 84 valence electrons. The Hall–Kier alpha value is -0.940. The van der Waals surface area contributed by atoms with Crippen LogP contribution in [0, 0.1) is 0 Å². The molecule has 0 aliphatic rings. The summed E-state index contributed by atoms with van der Waals surface area (Å²) in [6.07, 6.45) is 4.07. The molecule has 0 bridgehead atoms. The van der Waals surface area contributed by atoms with Gasteiger partial charge in [-0.05, 0) is 33.1 Å². The normalized spacial score (nSPS) is 13.0. The summed E-state index contributed by atoms with van der Waals surface area (Å²) in [7, 11) is 3.00. The van der Waals surface area contributed by atoms with Crippen molar-refractivity contribution in [3.63, 3.8) is 0 Å². The highest BCUT2D eigenvalue weighted by Crippen LogP contribution is 2.14. The third kappa shape index (κ3) is 3.97. The van der Waals surface area contributed by atoms with Crippen LogP contribution in [0.3, 0.4) is 0 Å². The van der Waals surface area contributed by atoms with Crippen molar-refractivity contribution in [1.29, 1.82) is 0 Å². The second kappa shape index (κ2) is 5.82. The van der Waals surface area contributed by atoms with E-state index in [0.29, 0.717) is 16.3 Å². The van der Waals surface area contributed by atoms with Gasteiger partial charge in [0.15, 0.2) is 0 Å². The monoisotopic (exact) mass is 227 g/mol. The van der Waals surface area contributed by atoms with Crippen LogP contribution in [0.15, 0.2) is 23.4 Å². The molecular weight excluding hydrogens is 210 g/mol. The van der Waals surface area contributed by atoms with Gasteiger partial charge in [-0.25, -0.2) is 0 Å². The molecule has 0 aliphatic heterocycles. The topological polar surface area (TPSA) is 59.2 Å². The van der Waals surface area contributed by atoms with E-state index < -0.39 is 10.8 Å². The van der Waals surface area contributed by atoms with Gasteiger partial charge in [0.1, 0.15) is 0 Å². The molecule has 2 N–H and O–H groups in total. The summed E-state index contributed by atoms with van der Waals surface area (Å²) in [5.41, 5.74) is 6.20. The van der Waals surface area contributed by atoms with E-state index in [1.54, 1.807) is 18.5 Å². The Morgan fingerprint density at radius 1 is 1.53 bits per heavy atom. The summed E-state index contributed by atoms with van der Waals surface area (Å²) < 4.78 is 11.8. The number of nitrogens with two attached hydrogens (primary N) is 1. The van der Waals surface area contributed by atoms with E-state index in [9.17, 15) is 4.21 Å². The van der Waals surface area contributed by atoms with Gasteiger partial charge in [0.05, 0.1) is 27.6 Å². The van der Waals surface area contributed by atoms with E-state index in [1.807, 2.05) is 14.1 Å².